The Balaban J connectivity index is 2.03. The largest absolute Gasteiger partial charge is 0.481 e. The molecule has 0 radical (unpaired) electrons. The lowest BCUT2D eigenvalue weighted by Gasteiger charge is -2.47. The number of carboxylic acids is 1. The molecule has 0 spiro atoms. The molecule has 16 heavy (non-hydrogen) atoms. The Kier molecular flexibility index (Phi) is 3.50. The highest BCUT2D eigenvalue weighted by Crippen LogP contribution is 2.40. The van der Waals surface area contributed by atoms with Crippen LogP contribution in [-0.4, -0.2) is 36.5 Å². The third-order valence-corrected chi connectivity index (χ3v) is 3.97. The van der Waals surface area contributed by atoms with Gasteiger partial charge >= 0.3 is 5.97 Å². The summed E-state index contributed by atoms with van der Waals surface area (Å²) in [7, 11) is 0. The molecule has 2 aliphatic heterocycles. The second kappa shape index (κ2) is 4.72. The Hall–Kier alpha value is -0.610. The van der Waals surface area contributed by atoms with Crippen molar-refractivity contribution < 1.29 is 19.4 Å². The normalized spacial score (nSPS) is 39.6. The standard InChI is InChI=1S/C12H20O4/c1-3-9-7(5-15-9)11(12(13)14)8-6-16-10(8)4-2/h7-11H,3-6H2,1-2H3,(H,13,14). The Morgan fingerprint density at radius 1 is 1.19 bits per heavy atom. The second-order valence-electron chi connectivity index (χ2n) is 4.75. The molecule has 1 N–H and O–H groups in total. The van der Waals surface area contributed by atoms with Crippen molar-refractivity contribution in [2.75, 3.05) is 13.2 Å². The number of ether oxygens (including phenoxy) is 2. The van der Waals surface area contributed by atoms with Crippen LogP contribution in [0.1, 0.15) is 26.7 Å². The molecule has 92 valence electrons. The molecular formula is C12H20O4. The van der Waals surface area contributed by atoms with E-state index in [1.165, 1.54) is 0 Å². The van der Waals surface area contributed by atoms with Crippen molar-refractivity contribution in [1.82, 2.24) is 0 Å². The fourth-order valence-corrected chi connectivity index (χ4v) is 2.88. The van der Waals surface area contributed by atoms with Crippen LogP contribution in [0.25, 0.3) is 0 Å². The lowest BCUT2D eigenvalue weighted by Crippen LogP contribution is -2.55. The molecule has 0 amide bonds. The zero-order valence-corrected chi connectivity index (χ0v) is 9.89. The molecule has 0 aromatic carbocycles. The predicted molar refractivity (Wildman–Crippen MR) is 58.2 cm³/mol. The first-order valence-electron chi connectivity index (χ1n) is 6.15. The minimum atomic E-state index is -0.682. The highest BCUT2D eigenvalue weighted by atomic mass is 16.5. The summed E-state index contributed by atoms with van der Waals surface area (Å²) in [6, 6.07) is 0. The van der Waals surface area contributed by atoms with Crippen molar-refractivity contribution >= 4 is 5.97 Å². The average molecular weight is 228 g/mol. The number of carbonyl (C=O) groups is 1. The summed E-state index contributed by atoms with van der Waals surface area (Å²) in [6.45, 7) is 5.29. The SMILES string of the molecule is CCC1OCC1C(C(=O)O)C1COC1CC. The minimum absolute atomic E-state index is 0.138. The van der Waals surface area contributed by atoms with Crippen LogP contribution in [0.2, 0.25) is 0 Å². The first-order chi connectivity index (χ1) is 7.69. The molecule has 0 saturated carbocycles. The van der Waals surface area contributed by atoms with E-state index in [4.69, 9.17) is 9.47 Å². The summed E-state index contributed by atoms with van der Waals surface area (Å²) < 4.78 is 10.8. The third-order valence-electron chi connectivity index (χ3n) is 3.97. The fraction of sp³-hybridized carbons (Fsp3) is 0.917. The van der Waals surface area contributed by atoms with Gasteiger partial charge in [-0.2, -0.15) is 0 Å². The number of carboxylic acid groups (broad SMARTS) is 1. The maximum Gasteiger partial charge on any atom is 0.307 e. The maximum atomic E-state index is 11.4. The smallest absolute Gasteiger partial charge is 0.307 e. The summed E-state index contributed by atoms with van der Waals surface area (Å²) >= 11 is 0. The molecule has 4 heteroatoms. The zero-order valence-electron chi connectivity index (χ0n) is 9.89. The van der Waals surface area contributed by atoms with Crippen molar-refractivity contribution in [2.45, 2.75) is 38.9 Å². The minimum Gasteiger partial charge on any atom is -0.481 e. The van der Waals surface area contributed by atoms with Crippen LogP contribution in [0.15, 0.2) is 0 Å². The summed E-state index contributed by atoms with van der Waals surface area (Å²) in [4.78, 5) is 11.4. The molecule has 4 unspecified atom stereocenters. The summed E-state index contributed by atoms with van der Waals surface area (Å²) in [5.74, 6) is -0.591. The van der Waals surface area contributed by atoms with Gasteiger partial charge in [-0.25, -0.2) is 0 Å². The highest BCUT2D eigenvalue weighted by Gasteiger charge is 2.50. The molecule has 0 aliphatic carbocycles. The monoisotopic (exact) mass is 228 g/mol. The van der Waals surface area contributed by atoms with Gasteiger partial charge < -0.3 is 14.6 Å². The van der Waals surface area contributed by atoms with Gasteiger partial charge in [-0.05, 0) is 12.8 Å². The van der Waals surface area contributed by atoms with Gasteiger partial charge in [0.05, 0.1) is 31.3 Å². The Morgan fingerprint density at radius 2 is 1.62 bits per heavy atom. The Bertz CT molecular complexity index is 242. The molecule has 0 aromatic rings. The summed E-state index contributed by atoms with van der Waals surface area (Å²) in [6.07, 6.45) is 2.08. The molecule has 4 nitrogen and oxygen atoms in total. The van der Waals surface area contributed by atoms with Crippen LogP contribution in [0.3, 0.4) is 0 Å². The Labute approximate surface area is 95.9 Å². The van der Waals surface area contributed by atoms with Crippen LogP contribution >= 0.6 is 0 Å². The molecule has 2 aliphatic rings. The van der Waals surface area contributed by atoms with E-state index in [1.54, 1.807) is 0 Å². The van der Waals surface area contributed by atoms with Gasteiger partial charge in [0.2, 0.25) is 0 Å². The summed E-state index contributed by atoms with van der Waals surface area (Å²) in [5.41, 5.74) is 0. The van der Waals surface area contributed by atoms with Gasteiger partial charge in [-0.15, -0.1) is 0 Å². The molecule has 2 fully saturated rings. The number of hydrogen-bond acceptors (Lipinski definition) is 3. The quantitative estimate of drug-likeness (QED) is 0.775. The molecule has 2 saturated heterocycles. The van der Waals surface area contributed by atoms with E-state index >= 15 is 0 Å². The third kappa shape index (κ3) is 1.84. The number of hydrogen-bond donors (Lipinski definition) is 1. The number of rotatable bonds is 5. The lowest BCUT2D eigenvalue weighted by molar-refractivity contribution is -0.210. The molecule has 4 atom stereocenters. The van der Waals surface area contributed by atoms with Crippen molar-refractivity contribution in [1.29, 1.82) is 0 Å². The van der Waals surface area contributed by atoms with Crippen LogP contribution in [0.5, 0.6) is 0 Å². The van der Waals surface area contributed by atoms with Crippen LogP contribution in [0, 0.1) is 17.8 Å². The molecule has 2 heterocycles. The van der Waals surface area contributed by atoms with E-state index in [-0.39, 0.29) is 30.0 Å². The van der Waals surface area contributed by atoms with Crippen LogP contribution in [0.4, 0.5) is 0 Å². The second-order valence-corrected chi connectivity index (χ2v) is 4.75. The van der Waals surface area contributed by atoms with Gasteiger partial charge in [0.1, 0.15) is 0 Å². The van der Waals surface area contributed by atoms with E-state index < -0.39 is 5.97 Å². The number of aliphatic carboxylic acids is 1. The van der Waals surface area contributed by atoms with E-state index in [0.29, 0.717) is 13.2 Å². The molecular weight excluding hydrogens is 208 g/mol. The molecule has 0 aromatic heterocycles. The zero-order chi connectivity index (χ0) is 11.7. The predicted octanol–water partition coefficient (Wildman–Crippen LogP) is 1.54. The van der Waals surface area contributed by atoms with Gasteiger partial charge in [0, 0.05) is 11.8 Å². The van der Waals surface area contributed by atoms with Crippen LogP contribution < -0.4 is 0 Å². The first kappa shape index (κ1) is 11.9. The van der Waals surface area contributed by atoms with Crippen molar-refractivity contribution in [2.24, 2.45) is 17.8 Å². The van der Waals surface area contributed by atoms with Crippen LogP contribution in [-0.2, 0) is 14.3 Å². The average Bonchev–Trinajstić information content (AvgIpc) is 2.14. The van der Waals surface area contributed by atoms with Gasteiger partial charge in [-0.1, -0.05) is 13.8 Å². The van der Waals surface area contributed by atoms with E-state index in [9.17, 15) is 9.90 Å². The lowest BCUT2D eigenvalue weighted by atomic mass is 9.71. The van der Waals surface area contributed by atoms with Gasteiger partial charge in [0.25, 0.3) is 0 Å². The van der Waals surface area contributed by atoms with Gasteiger partial charge in [0.15, 0.2) is 0 Å². The van der Waals surface area contributed by atoms with E-state index in [2.05, 4.69) is 0 Å². The van der Waals surface area contributed by atoms with Crippen molar-refractivity contribution in [3.63, 3.8) is 0 Å². The molecule has 0 bridgehead atoms. The van der Waals surface area contributed by atoms with Crippen molar-refractivity contribution in [3.8, 4) is 0 Å². The van der Waals surface area contributed by atoms with E-state index in [1.807, 2.05) is 13.8 Å². The summed E-state index contributed by atoms with van der Waals surface area (Å²) in [5, 5.41) is 9.36. The Morgan fingerprint density at radius 3 is 1.81 bits per heavy atom. The first-order valence-corrected chi connectivity index (χ1v) is 6.15. The highest BCUT2D eigenvalue weighted by molar-refractivity contribution is 5.71. The van der Waals surface area contributed by atoms with Gasteiger partial charge in [-0.3, -0.25) is 4.79 Å². The fourth-order valence-electron chi connectivity index (χ4n) is 2.88. The topological polar surface area (TPSA) is 55.8 Å². The molecule has 2 rings (SSSR count). The van der Waals surface area contributed by atoms with E-state index in [0.717, 1.165) is 12.8 Å². The maximum absolute atomic E-state index is 11.4. The van der Waals surface area contributed by atoms with Crippen molar-refractivity contribution in [3.05, 3.63) is 0 Å².